The van der Waals surface area contributed by atoms with Gasteiger partial charge in [-0.2, -0.15) is 0 Å². The second kappa shape index (κ2) is 12.4. The summed E-state index contributed by atoms with van der Waals surface area (Å²) in [5.41, 5.74) is 5.23. The molecule has 0 radical (unpaired) electrons. The van der Waals surface area contributed by atoms with Crippen LogP contribution in [0, 0.1) is 5.92 Å². The maximum absolute atomic E-state index is 12.2. The van der Waals surface area contributed by atoms with Crippen LogP contribution in [-0.2, 0) is 32.2 Å². The predicted molar refractivity (Wildman–Crippen MR) is 149 cm³/mol. The molecule has 9 heteroatoms. The SMILES string of the molecule is CC1C(Cn2cnc3ccccc32)OC(c2ccc(NC(=O)CCCC(=O)O)cc2)OC1c1ccc(CO)cc1. The van der Waals surface area contributed by atoms with Crippen molar-refractivity contribution in [1.82, 2.24) is 9.55 Å². The Labute approximate surface area is 232 Å². The number of para-hydroxylation sites is 2. The summed E-state index contributed by atoms with van der Waals surface area (Å²) in [4.78, 5) is 27.4. The number of carbonyl (C=O) groups is 2. The first-order chi connectivity index (χ1) is 19.4. The van der Waals surface area contributed by atoms with Crippen LogP contribution in [0.2, 0.25) is 0 Å². The molecule has 5 rings (SSSR count). The summed E-state index contributed by atoms with van der Waals surface area (Å²) < 4.78 is 15.2. The van der Waals surface area contributed by atoms with E-state index in [4.69, 9.17) is 14.6 Å². The predicted octanol–water partition coefficient (Wildman–Crippen LogP) is 5.21. The Morgan fingerprint density at radius 1 is 0.950 bits per heavy atom. The molecule has 208 valence electrons. The first-order valence-electron chi connectivity index (χ1n) is 13.4. The highest BCUT2D eigenvalue weighted by Crippen LogP contribution is 2.42. The summed E-state index contributed by atoms with van der Waals surface area (Å²) in [5.74, 6) is -1.13. The number of aromatic nitrogens is 2. The lowest BCUT2D eigenvalue weighted by Gasteiger charge is -2.41. The molecule has 0 bridgehead atoms. The number of carbonyl (C=O) groups excluding carboxylic acids is 1. The lowest BCUT2D eigenvalue weighted by molar-refractivity contribution is -0.276. The summed E-state index contributed by atoms with van der Waals surface area (Å²) in [6, 6.07) is 23.1. The van der Waals surface area contributed by atoms with E-state index < -0.39 is 12.3 Å². The zero-order valence-corrected chi connectivity index (χ0v) is 22.3. The molecule has 3 aromatic carbocycles. The van der Waals surface area contributed by atoms with Crippen molar-refractivity contribution in [3.63, 3.8) is 0 Å². The average Bonchev–Trinajstić information content (AvgIpc) is 3.37. The number of aliphatic hydroxyl groups excluding tert-OH is 1. The van der Waals surface area contributed by atoms with E-state index in [2.05, 4.69) is 21.8 Å². The van der Waals surface area contributed by atoms with Crippen molar-refractivity contribution in [2.24, 2.45) is 5.92 Å². The highest BCUT2D eigenvalue weighted by molar-refractivity contribution is 5.90. The van der Waals surface area contributed by atoms with Crippen LogP contribution in [0.4, 0.5) is 5.69 Å². The summed E-state index contributed by atoms with van der Waals surface area (Å²) >= 11 is 0. The van der Waals surface area contributed by atoms with E-state index in [1.807, 2.05) is 67.0 Å². The van der Waals surface area contributed by atoms with E-state index in [9.17, 15) is 14.7 Å². The number of aliphatic hydroxyl groups is 1. The van der Waals surface area contributed by atoms with Gasteiger partial charge in [0.2, 0.25) is 5.91 Å². The molecule has 1 fully saturated rings. The Kier molecular flexibility index (Phi) is 8.54. The van der Waals surface area contributed by atoms with Crippen molar-refractivity contribution in [1.29, 1.82) is 0 Å². The Hall–Kier alpha value is -4.05. The van der Waals surface area contributed by atoms with Crippen molar-refractivity contribution < 1.29 is 29.3 Å². The van der Waals surface area contributed by atoms with E-state index in [-0.39, 0.29) is 49.9 Å². The third kappa shape index (κ3) is 6.39. The molecular weight excluding hydrogens is 510 g/mol. The molecule has 0 aliphatic carbocycles. The minimum atomic E-state index is -0.916. The van der Waals surface area contributed by atoms with Crippen molar-refractivity contribution >= 4 is 28.6 Å². The first kappa shape index (κ1) is 27.5. The molecule has 9 nitrogen and oxygen atoms in total. The Balaban J connectivity index is 1.35. The van der Waals surface area contributed by atoms with E-state index in [1.165, 1.54) is 0 Å². The molecule has 1 saturated heterocycles. The van der Waals surface area contributed by atoms with Gasteiger partial charge < -0.3 is 29.6 Å². The largest absolute Gasteiger partial charge is 0.481 e. The van der Waals surface area contributed by atoms with Crippen molar-refractivity contribution in [2.75, 3.05) is 5.32 Å². The van der Waals surface area contributed by atoms with Gasteiger partial charge in [0.1, 0.15) is 0 Å². The minimum absolute atomic E-state index is 0.0155. The zero-order valence-electron chi connectivity index (χ0n) is 22.3. The number of hydrogen-bond acceptors (Lipinski definition) is 6. The molecule has 40 heavy (non-hydrogen) atoms. The van der Waals surface area contributed by atoms with Crippen LogP contribution < -0.4 is 5.32 Å². The second-order valence-electron chi connectivity index (χ2n) is 10.1. The fourth-order valence-corrected chi connectivity index (χ4v) is 5.02. The number of fused-ring (bicyclic) bond motifs is 1. The monoisotopic (exact) mass is 543 g/mol. The summed E-state index contributed by atoms with van der Waals surface area (Å²) in [6.45, 7) is 2.69. The van der Waals surface area contributed by atoms with Gasteiger partial charge in [0.25, 0.3) is 0 Å². The number of rotatable bonds is 10. The number of anilines is 1. The Morgan fingerprint density at radius 2 is 1.68 bits per heavy atom. The Morgan fingerprint density at radius 3 is 2.40 bits per heavy atom. The highest BCUT2D eigenvalue weighted by atomic mass is 16.7. The molecule has 0 saturated carbocycles. The number of nitrogens with one attached hydrogen (secondary N) is 1. The molecular formula is C31H33N3O6. The van der Waals surface area contributed by atoms with Crippen LogP contribution in [0.5, 0.6) is 0 Å². The quantitative estimate of drug-likeness (QED) is 0.251. The highest BCUT2D eigenvalue weighted by Gasteiger charge is 2.38. The zero-order chi connectivity index (χ0) is 28.1. The van der Waals surface area contributed by atoms with Gasteiger partial charge in [-0.1, -0.05) is 55.5 Å². The van der Waals surface area contributed by atoms with Gasteiger partial charge in [-0.25, -0.2) is 4.98 Å². The van der Waals surface area contributed by atoms with Crippen LogP contribution in [0.25, 0.3) is 11.0 Å². The molecule has 0 spiro atoms. The number of carboxylic acids is 1. The van der Waals surface area contributed by atoms with Crippen LogP contribution in [0.3, 0.4) is 0 Å². The molecule has 1 aromatic heterocycles. The van der Waals surface area contributed by atoms with Gasteiger partial charge in [-0.15, -0.1) is 0 Å². The van der Waals surface area contributed by atoms with E-state index in [1.54, 1.807) is 12.1 Å². The van der Waals surface area contributed by atoms with E-state index in [0.717, 1.165) is 27.7 Å². The lowest BCUT2D eigenvalue weighted by Crippen LogP contribution is -2.39. The van der Waals surface area contributed by atoms with Crippen molar-refractivity contribution in [2.45, 2.75) is 57.8 Å². The van der Waals surface area contributed by atoms with Crippen molar-refractivity contribution in [3.8, 4) is 0 Å². The number of amides is 1. The molecule has 4 unspecified atom stereocenters. The third-order valence-electron chi connectivity index (χ3n) is 7.29. The number of imidazole rings is 1. The molecule has 4 aromatic rings. The molecule has 2 heterocycles. The van der Waals surface area contributed by atoms with Crippen LogP contribution in [0.1, 0.15) is 55.3 Å². The van der Waals surface area contributed by atoms with Gasteiger partial charge in [0.15, 0.2) is 6.29 Å². The second-order valence-corrected chi connectivity index (χ2v) is 10.1. The maximum Gasteiger partial charge on any atom is 0.303 e. The number of ether oxygens (including phenoxy) is 2. The van der Waals surface area contributed by atoms with Crippen LogP contribution in [-0.4, -0.2) is 37.7 Å². The van der Waals surface area contributed by atoms with E-state index in [0.29, 0.717) is 12.2 Å². The van der Waals surface area contributed by atoms with Crippen LogP contribution >= 0.6 is 0 Å². The fraction of sp³-hybridized carbons (Fsp3) is 0.323. The van der Waals surface area contributed by atoms with Crippen LogP contribution in [0.15, 0.2) is 79.1 Å². The minimum Gasteiger partial charge on any atom is -0.481 e. The number of aliphatic carboxylic acids is 1. The fourth-order valence-electron chi connectivity index (χ4n) is 5.02. The smallest absolute Gasteiger partial charge is 0.303 e. The number of carboxylic acid groups (broad SMARTS) is 1. The normalized spacial score (nSPS) is 20.9. The first-order valence-corrected chi connectivity index (χ1v) is 13.4. The van der Waals surface area contributed by atoms with Gasteiger partial charge in [-0.3, -0.25) is 9.59 Å². The average molecular weight is 544 g/mol. The third-order valence-corrected chi connectivity index (χ3v) is 7.29. The van der Waals surface area contributed by atoms with Gasteiger partial charge >= 0.3 is 5.97 Å². The van der Waals surface area contributed by atoms with Gasteiger partial charge in [0.05, 0.1) is 42.7 Å². The van der Waals surface area contributed by atoms with Crippen molar-refractivity contribution in [3.05, 3.63) is 95.8 Å². The van der Waals surface area contributed by atoms with Gasteiger partial charge in [-0.05, 0) is 41.8 Å². The standard InChI is InChI=1S/C31H33N3O6/c1-20-27(17-34-19-32-25-5-2-3-6-26(25)34)39-31(40-30(20)22-11-9-21(18-35)10-12-22)23-13-15-24(16-14-23)33-28(36)7-4-8-29(37)38/h2-3,5-6,9-16,19-20,27,30-31,35H,4,7-8,17-18H2,1H3,(H,33,36)(H,37,38). The maximum atomic E-state index is 12.2. The summed E-state index contributed by atoms with van der Waals surface area (Å²) in [7, 11) is 0. The van der Waals surface area contributed by atoms with Gasteiger partial charge in [0, 0.05) is 30.0 Å². The lowest BCUT2D eigenvalue weighted by atomic mass is 9.90. The molecule has 1 amide bonds. The summed E-state index contributed by atoms with van der Waals surface area (Å²) in [5, 5.41) is 21.1. The molecule has 1 aliphatic heterocycles. The number of nitrogens with zero attached hydrogens (tertiary/aromatic N) is 2. The Bertz CT molecular complexity index is 1450. The van der Waals surface area contributed by atoms with E-state index >= 15 is 0 Å². The molecule has 4 atom stereocenters. The number of hydrogen-bond donors (Lipinski definition) is 3. The summed E-state index contributed by atoms with van der Waals surface area (Å²) in [6.07, 6.45) is 1.15. The molecule has 1 aliphatic rings. The number of benzene rings is 3. The molecule has 3 N–H and O–H groups in total. The topological polar surface area (TPSA) is 123 Å².